The van der Waals surface area contributed by atoms with E-state index in [1.165, 1.54) is 44.8 Å². The highest BCUT2D eigenvalue weighted by Crippen LogP contribution is 2.32. The van der Waals surface area contributed by atoms with Gasteiger partial charge in [0.2, 0.25) is 5.78 Å². The summed E-state index contributed by atoms with van der Waals surface area (Å²) in [6, 6.07) is 15.7. The van der Waals surface area contributed by atoms with Gasteiger partial charge in [-0.25, -0.2) is 4.79 Å². The van der Waals surface area contributed by atoms with Gasteiger partial charge in [-0.15, -0.1) is 0 Å². The number of carbonyl (C=O) groups excluding carboxylic acids is 3. The molecule has 0 aromatic heterocycles. The minimum absolute atomic E-state index is 0.257. The molecule has 1 unspecified atom stereocenters. The lowest BCUT2D eigenvalue weighted by Crippen LogP contribution is -2.45. The van der Waals surface area contributed by atoms with Crippen LogP contribution in [0.3, 0.4) is 0 Å². The fourth-order valence-electron chi connectivity index (χ4n) is 3.88. The van der Waals surface area contributed by atoms with E-state index in [1.54, 1.807) is 12.1 Å². The number of carbonyl (C=O) groups is 3. The van der Waals surface area contributed by atoms with Crippen LogP contribution in [0.15, 0.2) is 54.6 Å². The number of nitrogens with one attached hydrogen (secondary N) is 1. The standard InChI is InChI=1S/C24H27NO4/c1-29-24(28)21(16-17-8-4-2-5-9-17)25-23(27)22(26)20-14-12-19(13-15-20)18-10-6-3-7-11-18/h2,4-5,8-9,12-15,18,21H,3,6-7,10-11,16H2,1H3,(H,25,27). The number of amides is 1. The van der Waals surface area contributed by atoms with Gasteiger partial charge in [-0.3, -0.25) is 9.59 Å². The highest BCUT2D eigenvalue weighted by atomic mass is 16.5. The largest absolute Gasteiger partial charge is 0.467 e. The molecule has 1 aliphatic rings. The number of Topliss-reactive ketones (excluding diaryl/α,β-unsaturated/α-hetero) is 1. The Bertz CT molecular complexity index is 839. The lowest BCUT2D eigenvalue weighted by Gasteiger charge is -2.22. The van der Waals surface area contributed by atoms with Gasteiger partial charge >= 0.3 is 5.97 Å². The molecule has 1 amide bonds. The molecular weight excluding hydrogens is 366 g/mol. The van der Waals surface area contributed by atoms with Crippen LogP contribution in [0.2, 0.25) is 0 Å². The smallest absolute Gasteiger partial charge is 0.328 e. The molecule has 0 spiro atoms. The lowest BCUT2D eigenvalue weighted by atomic mass is 9.84. The molecule has 29 heavy (non-hydrogen) atoms. The first kappa shape index (κ1) is 20.8. The van der Waals surface area contributed by atoms with Gasteiger partial charge in [0, 0.05) is 12.0 Å². The van der Waals surface area contributed by atoms with Crippen molar-refractivity contribution in [1.82, 2.24) is 5.32 Å². The first-order chi connectivity index (χ1) is 14.1. The van der Waals surface area contributed by atoms with Crippen molar-refractivity contribution in [3.8, 4) is 0 Å². The zero-order valence-electron chi connectivity index (χ0n) is 16.7. The SMILES string of the molecule is COC(=O)C(Cc1ccccc1)NC(=O)C(=O)c1ccc(C2CCCCC2)cc1. The number of ether oxygens (including phenoxy) is 1. The number of hydrogen-bond acceptors (Lipinski definition) is 4. The Labute approximate surface area is 171 Å². The second-order valence-corrected chi connectivity index (χ2v) is 7.52. The Balaban J connectivity index is 1.65. The van der Waals surface area contributed by atoms with Gasteiger partial charge < -0.3 is 10.1 Å². The molecule has 152 valence electrons. The van der Waals surface area contributed by atoms with E-state index in [1.807, 2.05) is 42.5 Å². The van der Waals surface area contributed by atoms with Crippen molar-refractivity contribution < 1.29 is 19.1 Å². The molecule has 5 nitrogen and oxygen atoms in total. The summed E-state index contributed by atoms with van der Waals surface area (Å²) >= 11 is 0. The van der Waals surface area contributed by atoms with Crippen molar-refractivity contribution in [2.24, 2.45) is 0 Å². The normalized spacial score (nSPS) is 15.3. The van der Waals surface area contributed by atoms with E-state index in [4.69, 9.17) is 4.74 Å². The molecule has 2 aromatic carbocycles. The molecule has 1 aliphatic carbocycles. The van der Waals surface area contributed by atoms with Crippen LogP contribution in [0.1, 0.15) is 59.5 Å². The van der Waals surface area contributed by atoms with Gasteiger partial charge in [-0.05, 0) is 29.9 Å². The number of methoxy groups -OCH3 is 1. The molecule has 0 saturated heterocycles. The summed E-state index contributed by atoms with van der Waals surface area (Å²) < 4.78 is 4.79. The van der Waals surface area contributed by atoms with E-state index in [0.29, 0.717) is 11.5 Å². The first-order valence-electron chi connectivity index (χ1n) is 10.2. The number of hydrogen-bond donors (Lipinski definition) is 1. The number of ketones is 1. The summed E-state index contributed by atoms with van der Waals surface area (Å²) in [5.41, 5.74) is 2.41. The summed E-state index contributed by atoms with van der Waals surface area (Å²) in [5, 5.41) is 2.53. The highest BCUT2D eigenvalue weighted by Gasteiger charge is 2.26. The molecule has 1 fully saturated rings. The fraction of sp³-hybridized carbons (Fsp3) is 0.375. The second kappa shape index (κ2) is 10.0. The maximum Gasteiger partial charge on any atom is 0.328 e. The number of benzene rings is 2. The van der Waals surface area contributed by atoms with Gasteiger partial charge in [0.25, 0.3) is 5.91 Å². The van der Waals surface area contributed by atoms with Gasteiger partial charge in [-0.2, -0.15) is 0 Å². The van der Waals surface area contributed by atoms with E-state index in [2.05, 4.69) is 5.32 Å². The zero-order chi connectivity index (χ0) is 20.6. The van der Waals surface area contributed by atoms with Crippen molar-refractivity contribution in [3.63, 3.8) is 0 Å². The van der Waals surface area contributed by atoms with Crippen LogP contribution >= 0.6 is 0 Å². The van der Waals surface area contributed by atoms with E-state index in [9.17, 15) is 14.4 Å². The van der Waals surface area contributed by atoms with Crippen molar-refractivity contribution in [1.29, 1.82) is 0 Å². The third-order valence-corrected chi connectivity index (χ3v) is 5.53. The van der Waals surface area contributed by atoms with Crippen LogP contribution in [-0.2, 0) is 20.7 Å². The molecule has 0 radical (unpaired) electrons. The van der Waals surface area contributed by atoms with E-state index >= 15 is 0 Å². The molecule has 0 aliphatic heterocycles. The molecule has 1 atom stereocenters. The van der Waals surface area contributed by atoms with Crippen LogP contribution in [-0.4, -0.2) is 30.8 Å². The molecule has 1 N–H and O–H groups in total. The van der Waals surface area contributed by atoms with Crippen LogP contribution in [0.5, 0.6) is 0 Å². The minimum atomic E-state index is -0.916. The van der Waals surface area contributed by atoms with E-state index in [-0.39, 0.29) is 6.42 Å². The molecule has 5 heteroatoms. The first-order valence-corrected chi connectivity index (χ1v) is 10.2. The van der Waals surface area contributed by atoms with Crippen molar-refractivity contribution in [2.45, 2.75) is 50.5 Å². The highest BCUT2D eigenvalue weighted by molar-refractivity contribution is 6.43. The predicted octanol–water partition coefficient (Wildman–Crippen LogP) is 3.82. The molecule has 1 saturated carbocycles. The monoisotopic (exact) mass is 393 g/mol. The summed E-state index contributed by atoms with van der Waals surface area (Å²) in [4.78, 5) is 37.1. The van der Waals surface area contributed by atoms with Crippen molar-refractivity contribution in [3.05, 3.63) is 71.3 Å². The summed E-state index contributed by atoms with van der Waals surface area (Å²) in [7, 11) is 1.26. The van der Waals surface area contributed by atoms with Gasteiger partial charge in [0.05, 0.1) is 7.11 Å². The fourth-order valence-corrected chi connectivity index (χ4v) is 3.88. The van der Waals surface area contributed by atoms with Crippen molar-refractivity contribution in [2.75, 3.05) is 7.11 Å². The Hall–Kier alpha value is -2.95. The van der Waals surface area contributed by atoms with E-state index in [0.717, 1.165) is 5.56 Å². The average molecular weight is 393 g/mol. The van der Waals surface area contributed by atoms with Crippen LogP contribution in [0.25, 0.3) is 0 Å². The van der Waals surface area contributed by atoms with Crippen LogP contribution in [0.4, 0.5) is 0 Å². The molecule has 0 heterocycles. The minimum Gasteiger partial charge on any atom is -0.467 e. The lowest BCUT2D eigenvalue weighted by molar-refractivity contribution is -0.144. The number of rotatable bonds is 7. The Kier molecular flexibility index (Phi) is 7.17. The third kappa shape index (κ3) is 5.53. The third-order valence-electron chi connectivity index (χ3n) is 5.53. The van der Waals surface area contributed by atoms with Crippen molar-refractivity contribution >= 4 is 17.7 Å². The molecule has 3 rings (SSSR count). The molecular formula is C24H27NO4. The quantitative estimate of drug-likeness (QED) is 0.441. The van der Waals surface area contributed by atoms with Gasteiger partial charge in [0.1, 0.15) is 6.04 Å². The second-order valence-electron chi connectivity index (χ2n) is 7.52. The van der Waals surface area contributed by atoms with Crippen LogP contribution < -0.4 is 5.32 Å². The predicted molar refractivity (Wildman–Crippen MR) is 111 cm³/mol. The Morgan fingerprint density at radius 1 is 0.966 bits per heavy atom. The average Bonchev–Trinajstić information content (AvgIpc) is 2.79. The topological polar surface area (TPSA) is 72.5 Å². The summed E-state index contributed by atoms with van der Waals surface area (Å²) in [6.45, 7) is 0. The molecule has 0 bridgehead atoms. The Morgan fingerprint density at radius 2 is 1.62 bits per heavy atom. The van der Waals surface area contributed by atoms with Crippen LogP contribution in [0, 0.1) is 0 Å². The summed E-state index contributed by atoms with van der Waals surface area (Å²) in [6.07, 6.45) is 6.38. The Morgan fingerprint density at radius 3 is 2.24 bits per heavy atom. The molecule has 2 aromatic rings. The van der Waals surface area contributed by atoms with E-state index < -0.39 is 23.7 Å². The van der Waals surface area contributed by atoms with Gasteiger partial charge in [-0.1, -0.05) is 73.9 Å². The summed E-state index contributed by atoms with van der Waals surface area (Å²) in [5.74, 6) is -1.50. The maximum absolute atomic E-state index is 12.6. The number of esters is 1. The maximum atomic E-state index is 12.6. The zero-order valence-corrected chi connectivity index (χ0v) is 16.7. The van der Waals surface area contributed by atoms with Gasteiger partial charge in [0.15, 0.2) is 0 Å².